The zero-order valence-corrected chi connectivity index (χ0v) is 19.6. The number of aryl methyl sites for hydroxylation is 2. The molecule has 0 aliphatic rings. The number of amides is 3. The lowest BCUT2D eigenvalue weighted by atomic mass is 10.2. The molecule has 0 aliphatic heterocycles. The highest BCUT2D eigenvalue weighted by Crippen LogP contribution is 2.25. The Hall–Kier alpha value is -4.66. The highest BCUT2D eigenvalue weighted by atomic mass is 16.5. The Kier molecular flexibility index (Phi) is 8.55. The lowest BCUT2D eigenvalue weighted by molar-refractivity contribution is -0.136. The van der Waals surface area contributed by atoms with Crippen LogP contribution in [0.3, 0.4) is 0 Å². The number of nitrogens with zero attached hydrogens (tertiary/aromatic N) is 1. The van der Waals surface area contributed by atoms with Crippen LogP contribution in [-0.4, -0.2) is 37.7 Å². The van der Waals surface area contributed by atoms with Crippen molar-refractivity contribution in [3.05, 3.63) is 83.4 Å². The summed E-state index contributed by atoms with van der Waals surface area (Å²) in [4.78, 5) is 36.2. The third-order valence-electron chi connectivity index (χ3n) is 4.77. The van der Waals surface area contributed by atoms with Crippen molar-refractivity contribution in [2.24, 2.45) is 5.10 Å². The van der Waals surface area contributed by atoms with Gasteiger partial charge in [0.15, 0.2) is 6.61 Å². The number of carbonyl (C=O) groups is 3. The van der Waals surface area contributed by atoms with Crippen LogP contribution in [0.1, 0.15) is 16.7 Å². The third-order valence-corrected chi connectivity index (χ3v) is 4.77. The number of hydrogen-bond acceptors (Lipinski definition) is 6. The van der Waals surface area contributed by atoms with Crippen molar-refractivity contribution < 1.29 is 23.9 Å². The van der Waals surface area contributed by atoms with Gasteiger partial charge in [-0.2, -0.15) is 5.10 Å². The maximum Gasteiger partial charge on any atom is 0.329 e. The molecule has 0 aliphatic carbocycles. The first-order valence-corrected chi connectivity index (χ1v) is 10.7. The minimum Gasteiger partial charge on any atom is -0.495 e. The largest absolute Gasteiger partial charge is 0.495 e. The average molecular weight is 475 g/mol. The number of hydrazone groups is 1. The number of carbonyl (C=O) groups excluding carboxylic acids is 3. The Balaban J connectivity index is 1.45. The second-order valence-corrected chi connectivity index (χ2v) is 7.63. The zero-order valence-electron chi connectivity index (χ0n) is 19.6. The van der Waals surface area contributed by atoms with Gasteiger partial charge in [-0.05, 0) is 73.5 Å². The molecule has 0 saturated carbocycles. The number of benzene rings is 3. The van der Waals surface area contributed by atoms with E-state index < -0.39 is 11.8 Å². The topological polar surface area (TPSA) is 118 Å². The molecule has 3 rings (SSSR count). The maximum absolute atomic E-state index is 12.1. The molecule has 0 radical (unpaired) electrons. The average Bonchev–Trinajstić information content (AvgIpc) is 2.85. The summed E-state index contributed by atoms with van der Waals surface area (Å²) in [7, 11) is 1.47. The fourth-order valence-electron chi connectivity index (χ4n) is 2.95. The molecular formula is C26H26N4O5. The predicted molar refractivity (Wildman–Crippen MR) is 134 cm³/mol. The van der Waals surface area contributed by atoms with E-state index in [-0.39, 0.29) is 12.5 Å². The Morgan fingerprint density at radius 3 is 2.23 bits per heavy atom. The van der Waals surface area contributed by atoms with Gasteiger partial charge in [-0.3, -0.25) is 14.4 Å². The number of anilines is 2. The maximum atomic E-state index is 12.1. The standard InChI is InChI=1S/C26H26N4O5/c1-17-4-9-20(10-5-17)28-24(31)16-35-21-11-7-19(8-12-21)15-27-30-26(33)25(32)29-22-14-18(2)6-13-23(22)34-3/h4-15H,16H2,1-3H3,(H,28,31)(H,29,32)(H,30,33)/b27-15-. The van der Waals surface area contributed by atoms with Gasteiger partial charge in [0.1, 0.15) is 11.5 Å². The number of nitrogens with one attached hydrogen (secondary N) is 3. The van der Waals surface area contributed by atoms with Crippen LogP contribution in [-0.2, 0) is 14.4 Å². The molecule has 0 heterocycles. The van der Waals surface area contributed by atoms with E-state index >= 15 is 0 Å². The van der Waals surface area contributed by atoms with Gasteiger partial charge < -0.3 is 20.1 Å². The molecule has 180 valence electrons. The van der Waals surface area contributed by atoms with E-state index in [9.17, 15) is 14.4 Å². The van der Waals surface area contributed by atoms with Crippen LogP contribution in [0.5, 0.6) is 11.5 Å². The molecule has 0 atom stereocenters. The molecule has 0 aromatic heterocycles. The number of ether oxygens (including phenoxy) is 2. The zero-order chi connectivity index (χ0) is 25.2. The van der Waals surface area contributed by atoms with Crippen LogP contribution in [0.4, 0.5) is 11.4 Å². The van der Waals surface area contributed by atoms with Crippen molar-refractivity contribution >= 4 is 35.3 Å². The monoisotopic (exact) mass is 474 g/mol. The van der Waals surface area contributed by atoms with E-state index in [0.717, 1.165) is 11.1 Å². The van der Waals surface area contributed by atoms with Crippen molar-refractivity contribution in [3.8, 4) is 11.5 Å². The molecule has 0 spiro atoms. The van der Waals surface area contributed by atoms with Crippen molar-refractivity contribution in [2.45, 2.75) is 13.8 Å². The molecule has 3 N–H and O–H groups in total. The van der Waals surface area contributed by atoms with E-state index in [0.29, 0.717) is 28.4 Å². The second-order valence-electron chi connectivity index (χ2n) is 7.63. The molecule has 9 nitrogen and oxygen atoms in total. The first-order chi connectivity index (χ1) is 16.8. The van der Waals surface area contributed by atoms with Crippen molar-refractivity contribution in [2.75, 3.05) is 24.4 Å². The summed E-state index contributed by atoms with van der Waals surface area (Å²) in [6.07, 6.45) is 1.38. The summed E-state index contributed by atoms with van der Waals surface area (Å²) in [5.74, 6) is -1.14. The summed E-state index contributed by atoms with van der Waals surface area (Å²) < 4.78 is 10.7. The van der Waals surface area contributed by atoms with Gasteiger partial charge in [0.05, 0.1) is 19.0 Å². The van der Waals surface area contributed by atoms with Gasteiger partial charge in [-0.15, -0.1) is 0 Å². The van der Waals surface area contributed by atoms with Gasteiger partial charge in [0.25, 0.3) is 5.91 Å². The molecular weight excluding hydrogens is 448 g/mol. The number of rotatable bonds is 8. The summed E-state index contributed by atoms with van der Waals surface area (Å²) in [5.41, 5.74) is 5.93. The van der Waals surface area contributed by atoms with E-state index in [4.69, 9.17) is 9.47 Å². The molecule has 0 fully saturated rings. The quantitative estimate of drug-likeness (QED) is 0.263. The summed E-state index contributed by atoms with van der Waals surface area (Å²) >= 11 is 0. The summed E-state index contributed by atoms with van der Waals surface area (Å²) in [6.45, 7) is 3.69. The lowest BCUT2D eigenvalue weighted by Gasteiger charge is -2.10. The van der Waals surface area contributed by atoms with Gasteiger partial charge in [0, 0.05) is 5.69 Å². The molecule has 0 bridgehead atoms. The highest BCUT2D eigenvalue weighted by Gasteiger charge is 2.15. The van der Waals surface area contributed by atoms with E-state index in [1.807, 2.05) is 44.2 Å². The normalized spacial score (nSPS) is 10.5. The lowest BCUT2D eigenvalue weighted by Crippen LogP contribution is -2.32. The molecule has 0 saturated heterocycles. The van der Waals surface area contributed by atoms with E-state index in [2.05, 4.69) is 21.2 Å². The summed E-state index contributed by atoms with van der Waals surface area (Å²) in [6, 6.07) is 19.4. The fraction of sp³-hybridized carbons (Fsp3) is 0.154. The SMILES string of the molecule is COc1ccc(C)cc1NC(=O)C(=O)N/N=C\c1ccc(OCC(=O)Nc2ccc(C)cc2)cc1. The minimum absolute atomic E-state index is 0.141. The van der Waals surface area contributed by atoms with E-state index in [1.54, 1.807) is 36.4 Å². The van der Waals surface area contributed by atoms with Crippen molar-refractivity contribution in [1.82, 2.24) is 5.43 Å². The first kappa shape index (κ1) is 25.0. The third kappa shape index (κ3) is 7.71. The van der Waals surface area contributed by atoms with E-state index in [1.165, 1.54) is 13.3 Å². The van der Waals surface area contributed by atoms with Gasteiger partial charge >= 0.3 is 11.8 Å². The molecule has 3 aromatic rings. The number of hydrogen-bond donors (Lipinski definition) is 3. The molecule has 9 heteroatoms. The smallest absolute Gasteiger partial charge is 0.329 e. The highest BCUT2D eigenvalue weighted by molar-refractivity contribution is 6.39. The van der Waals surface area contributed by atoms with Crippen molar-refractivity contribution in [1.29, 1.82) is 0 Å². The van der Waals surface area contributed by atoms with Gasteiger partial charge in [-0.1, -0.05) is 23.8 Å². The second kappa shape index (κ2) is 12.0. The predicted octanol–water partition coefficient (Wildman–Crippen LogP) is 3.42. The van der Waals surface area contributed by atoms with Crippen LogP contribution in [0.25, 0.3) is 0 Å². The first-order valence-electron chi connectivity index (χ1n) is 10.7. The Labute approximate surface area is 203 Å². The van der Waals surface area contributed by atoms with Crippen LogP contribution in [0.15, 0.2) is 71.8 Å². The van der Waals surface area contributed by atoms with Crippen LogP contribution >= 0.6 is 0 Å². The van der Waals surface area contributed by atoms with Crippen molar-refractivity contribution in [3.63, 3.8) is 0 Å². The Morgan fingerprint density at radius 2 is 1.54 bits per heavy atom. The Bertz CT molecular complexity index is 1220. The van der Waals surface area contributed by atoms with Crippen LogP contribution in [0, 0.1) is 13.8 Å². The molecule has 3 amide bonds. The van der Waals surface area contributed by atoms with Gasteiger partial charge in [-0.25, -0.2) is 5.43 Å². The number of methoxy groups -OCH3 is 1. The Morgan fingerprint density at radius 1 is 0.857 bits per heavy atom. The van der Waals surface area contributed by atoms with Crippen LogP contribution in [0.2, 0.25) is 0 Å². The van der Waals surface area contributed by atoms with Gasteiger partial charge in [0.2, 0.25) is 0 Å². The summed E-state index contributed by atoms with van der Waals surface area (Å²) in [5, 5.41) is 9.06. The molecule has 35 heavy (non-hydrogen) atoms. The fourth-order valence-corrected chi connectivity index (χ4v) is 2.95. The minimum atomic E-state index is -0.927. The molecule has 3 aromatic carbocycles. The molecule has 0 unspecified atom stereocenters. The van der Waals surface area contributed by atoms with Crippen LogP contribution < -0.4 is 25.5 Å².